The number of aryl methyl sites for hydroxylation is 1. The average molecular weight is 542 g/mol. The van der Waals surface area contributed by atoms with Crippen molar-refractivity contribution >= 4 is 29.9 Å². The zero-order valence-electron chi connectivity index (χ0n) is 20.1. The van der Waals surface area contributed by atoms with Gasteiger partial charge < -0.3 is 15.2 Å². The van der Waals surface area contributed by atoms with Crippen LogP contribution < -0.4 is 10.6 Å². The number of guanidine groups is 1. The first-order chi connectivity index (χ1) is 14.3. The van der Waals surface area contributed by atoms with Crippen LogP contribution >= 0.6 is 24.0 Å². The Morgan fingerprint density at radius 2 is 1.71 bits per heavy atom. The summed E-state index contributed by atoms with van der Waals surface area (Å²) in [7, 11) is 1.97. The molecule has 2 rings (SSSR count). The van der Waals surface area contributed by atoms with Gasteiger partial charge in [0.05, 0.1) is 6.04 Å². The SMILES string of the molecule is Cc1nnc(CN=C(NCCCN(C(C)C)C(C)C)NC(C)c2ccccc2)n1C.I. The number of aromatic nitrogens is 3. The average Bonchev–Trinajstić information content (AvgIpc) is 3.03. The summed E-state index contributed by atoms with van der Waals surface area (Å²) < 4.78 is 1.98. The van der Waals surface area contributed by atoms with Crippen molar-refractivity contribution in [3.05, 3.63) is 47.5 Å². The monoisotopic (exact) mass is 541 g/mol. The Balaban J connectivity index is 0.00000480. The number of nitrogens with zero attached hydrogens (tertiary/aromatic N) is 5. The van der Waals surface area contributed by atoms with E-state index >= 15 is 0 Å². The highest BCUT2D eigenvalue weighted by Gasteiger charge is 2.13. The molecule has 0 aliphatic rings. The lowest BCUT2D eigenvalue weighted by molar-refractivity contribution is 0.173. The third-order valence-electron chi connectivity index (χ3n) is 5.43. The van der Waals surface area contributed by atoms with Crippen molar-refractivity contribution in [1.82, 2.24) is 30.3 Å². The molecule has 1 aromatic heterocycles. The maximum atomic E-state index is 4.78. The molecular formula is C23H40IN7. The zero-order chi connectivity index (χ0) is 22.1. The van der Waals surface area contributed by atoms with Crippen LogP contribution in [0.3, 0.4) is 0 Å². The van der Waals surface area contributed by atoms with Gasteiger partial charge in [0, 0.05) is 32.2 Å². The molecule has 0 fully saturated rings. The van der Waals surface area contributed by atoms with Crippen molar-refractivity contribution < 1.29 is 0 Å². The Labute approximate surface area is 205 Å². The van der Waals surface area contributed by atoms with E-state index in [1.54, 1.807) is 0 Å². The van der Waals surface area contributed by atoms with Crippen molar-refractivity contribution in [3.8, 4) is 0 Å². The molecule has 0 amide bonds. The maximum Gasteiger partial charge on any atom is 0.192 e. The van der Waals surface area contributed by atoms with Crippen molar-refractivity contribution in [1.29, 1.82) is 0 Å². The number of rotatable bonds is 10. The second kappa shape index (κ2) is 13.7. The molecule has 1 atom stereocenters. The summed E-state index contributed by atoms with van der Waals surface area (Å²) in [5, 5.41) is 15.4. The van der Waals surface area contributed by atoms with E-state index in [4.69, 9.17) is 4.99 Å². The van der Waals surface area contributed by atoms with Gasteiger partial charge in [0.15, 0.2) is 11.8 Å². The fraction of sp³-hybridized carbons (Fsp3) is 0.609. The lowest BCUT2D eigenvalue weighted by Crippen LogP contribution is -2.42. The van der Waals surface area contributed by atoms with Crippen molar-refractivity contribution in [2.45, 2.75) is 72.6 Å². The van der Waals surface area contributed by atoms with E-state index in [0.717, 1.165) is 37.1 Å². The quantitative estimate of drug-likeness (QED) is 0.206. The minimum absolute atomic E-state index is 0. The van der Waals surface area contributed by atoms with Crippen LogP contribution in [0.2, 0.25) is 0 Å². The lowest BCUT2D eigenvalue weighted by Gasteiger charge is -2.30. The van der Waals surface area contributed by atoms with Crippen molar-refractivity contribution in [2.75, 3.05) is 13.1 Å². The van der Waals surface area contributed by atoms with Gasteiger partial charge in [0.1, 0.15) is 12.4 Å². The second-order valence-electron chi connectivity index (χ2n) is 8.37. The van der Waals surface area contributed by atoms with Crippen LogP contribution in [0.1, 0.15) is 64.3 Å². The fourth-order valence-electron chi connectivity index (χ4n) is 3.50. The number of hydrogen-bond acceptors (Lipinski definition) is 4. The highest BCUT2D eigenvalue weighted by molar-refractivity contribution is 14.0. The molecule has 0 bridgehead atoms. The van der Waals surface area contributed by atoms with Gasteiger partial charge in [0.25, 0.3) is 0 Å². The first-order valence-electron chi connectivity index (χ1n) is 11.0. The van der Waals surface area contributed by atoms with E-state index < -0.39 is 0 Å². The van der Waals surface area contributed by atoms with Crippen LogP contribution in [0, 0.1) is 6.92 Å². The Kier molecular flexibility index (Phi) is 12.1. The Bertz CT molecular complexity index is 778. The van der Waals surface area contributed by atoms with Gasteiger partial charge in [0.2, 0.25) is 0 Å². The summed E-state index contributed by atoms with van der Waals surface area (Å²) in [5.41, 5.74) is 1.23. The molecule has 0 saturated carbocycles. The van der Waals surface area contributed by atoms with E-state index in [1.807, 2.05) is 24.6 Å². The van der Waals surface area contributed by atoms with Crippen LogP contribution in [0.4, 0.5) is 0 Å². The smallest absolute Gasteiger partial charge is 0.192 e. The maximum absolute atomic E-state index is 4.78. The van der Waals surface area contributed by atoms with Gasteiger partial charge in [-0.2, -0.15) is 0 Å². The van der Waals surface area contributed by atoms with Crippen molar-refractivity contribution in [2.24, 2.45) is 12.0 Å². The van der Waals surface area contributed by atoms with Gasteiger partial charge in [-0.3, -0.25) is 4.90 Å². The topological polar surface area (TPSA) is 70.4 Å². The molecule has 0 saturated heterocycles. The predicted molar refractivity (Wildman–Crippen MR) is 140 cm³/mol. The Hall–Kier alpha value is -1.68. The third-order valence-corrected chi connectivity index (χ3v) is 5.43. The lowest BCUT2D eigenvalue weighted by atomic mass is 10.1. The number of aliphatic imine (C=N–C) groups is 1. The van der Waals surface area contributed by atoms with E-state index in [0.29, 0.717) is 18.6 Å². The summed E-state index contributed by atoms with van der Waals surface area (Å²) >= 11 is 0. The van der Waals surface area contributed by atoms with Gasteiger partial charge >= 0.3 is 0 Å². The van der Waals surface area contributed by atoms with Gasteiger partial charge in [-0.1, -0.05) is 30.3 Å². The molecule has 1 unspecified atom stereocenters. The molecule has 0 aliphatic heterocycles. The van der Waals surface area contributed by atoms with Gasteiger partial charge in [-0.15, -0.1) is 34.2 Å². The molecule has 174 valence electrons. The number of halogens is 1. The van der Waals surface area contributed by atoms with E-state index in [1.165, 1.54) is 5.56 Å². The minimum Gasteiger partial charge on any atom is -0.356 e. The molecule has 31 heavy (non-hydrogen) atoms. The van der Waals surface area contributed by atoms with Crippen LogP contribution in [-0.4, -0.2) is 50.8 Å². The predicted octanol–water partition coefficient (Wildman–Crippen LogP) is 4.05. The summed E-state index contributed by atoms with van der Waals surface area (Å²) in [6, 6.07) is 11.7. The van der Waals surface area contributed by atoms with E-state index in [-0.39, 0.29) is 30.0 Å². The molecule has 2 aromatic rings. The Morgan fingerprint density at radius 3 is 2.26 bits per heavy atom. The van der Waals surface area contributed by atoms with E-state index in [2.05, 4.69) is 84.6 Å². The molecule has 2 N–H and O–H groups in total. The molecule has 0 radical (unpaired) electrons. The van der Waals surface area contributed by atoms with Gasteiger partial charge in [-0.25, -0.2) is 4.99 Å². The standard InChI is InChI=1S/C23H39N7.HI/c1-17(2)30(18(3)4)15-11-14-24-23(25-16-22-28-27-20(6)29(22)7)26-19(5)21-12-9-8-10-13-21;/h8-10,12-13,17-19H,11,14-16H2,1-7H3,(H2,24,25,26);1H. The van der Waals surface area contributed by atoms with Crippen LogP contribution in [-0.2, 0) is 13.6 Å². The number of benzene rings is 1. The van der Waals surface area contributed by atoms with Crippen LogP contribution in [0.15, 0.2) is 35.3 Å². The summed E-state index contributed by atoms with van der Waals surface area (Å²) in [5.74, 6) is 2.54. The van der Waals surface area contributed by atoms with Crippen molar-refractivity contribution in [3.63, 3.8) is 0 Å². The number of nitrogens with one attached hydrogen (secondary N) is 2. The first-order valence-corrected chi connectivity index (χ1v) is 11.0. The fourth-order valence-corrected chi connectivity index (χ4v) is 3.50. The summed E-state index contributed by atoms with van der Waals surface area (Å²) in [4.78, 5) is 7.29. The first kappa shape index (κ1) is 27.4. The zero-order valence-corrected chi connectivity index (χ0v) is 22.4. The normalized spacial score (nSPS) is 12.9. The second-order valence-corrected chi connectivity index (χ2v) is 8.37. The van der Waals surface area contributed by atoms with Gasteiger partial charge in [-0.05, 0) is 53.5 Å². The highest BCUT2D eigenvalue weighted by atomic mass is 127. The van der Waals surface area contributed by atoms with E-state index in [9.17, 15) is 0 Å². The molecule has 7 nitrogen and oxygen atoms in total. The Morgan fingerprint density at radius 1 is 1.06 bits per heavy atom. The number of hydrogen-bond donors (Lipinski definition) is 2. The third kappa shape index (κ3) is 8.76. The molecule has 0 spiro atoms. The molecule has 1 aromatic carbocycles. The van der Waals surface area contributed by atoms with Crippen LogP contribution in [0.25, 0.3) is 0 Å². The summed E-state index contributed by atoms with van der Waals surface area (Å²) in [6.07, 6.45) is 1.06. The molecule has 0 aliphatic carbocycles. The molecule has 8 heteroatoms. The summed E-state index contributed by atoms with van der Waals surface area (Å²) in [6.45, 7) is 15.5. The minimum atomic E-state index is 0. The molecule has 1 heterocycles. The van der Waals surface area contributed by atoms with Crippen LogP contribution in [0.5, 0.6) is 0 Å². The largest absolute Gasteiger partial charge is 0.356 e. The highest BCUT2D eigenvalue weighted by Crippen LogP contribution is 2.11. The molecular weight excluding hydrogens is 501 g/mol.